The summed E-state index contributed by atoms with van der Waals surface area (Å²) in [6.45, 7) is 1.08. The van der Waals surface area contributed by atoms with E-state index in [1.807, 2.05) is 30.3 Å². The standard InChI is InChI=1S/C19H26N2O3S/c22-19(20-18-7-8-18)9-6-17-10-13-21(14-11-17)25(23,24)15-12-16-4-2-1-3-5-16/h1-5,12,15,17-18H,6-11,13-14H2,(H,20,22). The van der Waals surface area contributed by atoms with Gasteiger partial charge in [-0.3, -0.25) is 4.79 Å². The van der Waals surface area contributed by atoms with Crippen LogP contribution in [0.4, 0.5) is 0 Å². The Labute approximate surface area is 150 Å². The van der Waals surface area contributed by atoms with E-state index in [1.165, 1.54) is 5.41 Å². The van der Waals surface area contributed by atoms with Gasteiger partial charge in [0.1, 0.15) is 0 Å². The average molecular weight is 362 g/mol. The molecule has 0 unspecified atom stereocenters. The van der Waals surface area contributed by atoms with E-state index in [9.17, 15) is 13.2 Å². The number of nitrogens with one attached hydrogen (secondary N) is 1. The van der Waals surface area contributed by atoms with E-state index in [0.29, 0.717) is 31.5 Å². The minimum atomic E-state index is -3.37. The maximum atomic E-state index is 12.4. The number of hydrogen-bond donors (Lipinski definition) is 1. The van der Waals surface area contributed by atoms with E-state index in [0.717, 1.165) is 37.7 Å². The average Bonchev–Trinajstić information content (AvgIpc) is 3.43. The van der Waals surface area contributed by atoms with E-state index in [4.69, 9.17) is 0 Å². The van der Waals surface area contributed by atoms with Crippen LogP contribution in [0, 0.1) is 5.92 Å². The summed E-state index contributed by atoms with van der Waals surface area (Å²) in [6.07, 6.45) is 6.93. The maximum absolute atomic E-state index is 12.4. The normalized spacial score (nSPS) is 20.0. The number of carbonyl (C=O) groups excluding carboxylic acids is 1. The molecule has 5 nitrogen and oxygen atoms in total. The number of piperidine rings is 1. The highest BCUT2D eigenvalue weighted by Crippen LogP contribution is 2.25. The van der Waals surface area contributed by atoms with Gasteiger partial charge in [-0.15, -0.1) is 0 Å². The third-order valence-corrected chi connectivity index (χ3v) is 6.45. The minimum absolute atomic E-state index is 0.142. The first-order chi connectivity index (χ1) is 12.0. The predicted molar refractivity (Wildman–Crippen MR) is 99.1 cm³/mol. The van der Waals surface area contributed by atoms with Crippen LogP contribution in [0.15, 0.2) is 35.7 Å². The molecular formula is C19H26N2O3S. The topological polar surface area (TPSA) is 66.5 Å². The second-order valence-electron chi connectivity index (χ2n) is 6.98. The summed E-state index contributed by atoms with van der Waals surface area (Å²) in [6, 6.07) is 9.85. The molecule has 1 saturated heterocycles. The van der Waals surface area contributed by atoms with Gasteiger partial charge in [-0.25, -0.2) is 8.42 Å². The van der Waals surface area contributed by atoms with Crippen molar-refractivity contribution in [3.63, 3.8) is 0 Å². The molecule has 2 fully saturated rings. The van der Waals surface area contributed by atoms with Crippen LogP contribution in [-0.2, 0) is 14.8 Å². The highest BCUT2D eigenvalue weighted by atomic mass is 32.2. The van der Waals surface area contributed by atoms with Gasteiger partial charge in [-0.2, -0.15) is 4.31 Å². The molecule has 0 aromatic heterocycles. The molecule has 3 rings (SSSR count). The fourth-order valence-corrected chi connectivity index (χ4v) is 4.35. The number of sulfonamides is 1. The number of carbonyl (C=O) groups is 1. The van der Waals surface area contributed by atoms with Gasteiger partial charge in [0.15, 0.2) is 0 Å². The van der Waals surface area contributed by atoms with Crippen molar-refractivity contribution >= 4 is 22.0 Å². The molecule has 2 aliphatic rings. The van der Waals surface area contributed by atoms with Gasteiger partial charge in [-0.05, 0) is 49.7 Å². The Hall–Kier alpha value is -1.66. The van der Waals surface area contributed by atoms with Gasteiger partial charge in [0.2, 0.25) is 15.9 Å². The fraction of sp³-hybridized carbons (Fsp3) is 0.526. The van der Waals surface area contributed by atoms with Crippen molar-refractivity contribution in [2.75, 3.05) is 13.1 Å². The van der Waals surface area contributed by atoms with Crippen molar-refractivity contribution in [1.29, 1.82) is 0 Å². The van der Waals surface area contributed by atoms with E-state index in [-0.39, 0.29) is 5.91 Å². The summed E-state index contributed by atoms with van der Waals surface area (Å²) in [5.74, 6) is 0.581. The molecule has 1 aliphatic carbocycles. The second kappa shape index (κ2) is 8.15. The number of benzene rings is 1. The molecule has 1 aliphatic heterocycles. The highest BCUT2D eigenvalue weighted by Gasteiger charge is 2.27. The van der Waals surface area contributed by atoms with E-state index >= 15 is 0 Å². The van der Waals surface area contributed by atoms with E-state index in [2.05, 4.69) is 5.32 Å². The molecule has 1 N–H and O–H groups in total. The van der Waals surface area contributed by atoms with Gasteiger partial charge >= 0.3 is 0 Å². The molecule has 0 spiro atoms. The lowest BCUT2D eigenvalue weighted by molar-refractivity contribution is -0.121. The zero-order chi connectivity index (χ0) is 17.7. The molecule has 0 bridgehead atoms. The molecule has 1 heterocycles. The number of nitrogens with zero attached hydrogens (tertiary/aromatic N) is 1. The Morgan fingerprint density at radius 1 is 1.12 bits per heavy atom. The third kappa shape index (κ3) is 5.68. The van der Waals surface area contributed by atoms with Crippen LogP contribution >= 0.6 is 0 Å². The number of hydrogen-bond acceptors (Lipinski definition) is 3. The number of amides is 1. The van der Waals surface area contributed by atoms with Crippen LogP contribution in [0.1, 0.15) is 44.1 Å². The molecule has 25 heavy (non-hydrogen) atoms. The molecule has 0 radical (unpaired) electrons. The van der Waals surface area contributed by atoms with Crippen LogP contribution in [0.3, 0.4) is 0 Å². The first-order valence-electron chi connectivity index (χ1n) is 9.05. The quantitative estimate of drug-likeness (QED) is 0.811. The second-order valence-corrected chi connectivity index (χ2v) is 8.80. The summed E-state index contributed by atoms with van der Waals surface area (Å²) in [5, 5.41) is 4.30. The molecular weight excluding hydrogens is 336 g/mol. The Balaban J connectivity index is 1.44. The van der Waals surface area contributed by atoms with Crippen LogP contribution < -0.4 is 5.32 Å². The van der Waals surface area contributed by atoms with E-state index in [1.54, 1.807) is 10.4 Å². The van der Waals surface area contributed by atoms with Crippen molar-refractivity contribution in [1.82, 2.24) is 9.62 Å². The zero-order valence-corrected chi connectivity index (χ0v) is 15.2. The van der Waals surface area contributed by atoms with Crippen LogP contribution in [0.2, 0.25) is 0 Å². The van der Waals surface area contributed by atoms with Crippen molar-refractivity contribution in [3.8, 4) is 0 Å². The fourth-order valence-electron chi connectivity index (χ4n) is 3.13. The van der Waals surface area contributed by atoms with Crippen LogP contribution in [-0.4, -0.2) is 37.8 Å². The maximum Gasteiger partial charge on any atom is 0.236 e. The third-order valence-electron chi connectivity index (χ3n) is 4.89. The van der Waals surface area contributed by atoms with E-state index < -0.39 is 10.0 Å². The molecule has 136 valence electrons. The SMILES string of the molecule is O=C(CCC1CCN(S(=O)(=O)C=Cc2ccccc2)CC1)NC1CC1. The summed E-state index contributed by atoms with van der Waals surface area (Å²) >= 11 is 0. The van der Waals surface area contributed by atoms with Crippen molar-refractivity contribution in [2.45, 2.75) is 44.6 Å². The Bertz CT molecular complexity index is 703. The zero-order valence-electron chi connectivity index (χ0n) is 14.4. The highest BCUT2D eigenvalue weighted by molar-refractivity contribution is 7.92. The Morgan fingerprint density at radius 2 is 1.80 bits per heavy atom. The molecule has 6 heteroatoms. The Morgan fingerprint density at radius 3 is 2.44 bits per heavy atom. The summed E-state index contributed by atoms with van der Waals surface area (Å²) in [5.41, 5.74) is 0.877. The van der Waals surface area contributed by atoms with Gasteiger partial charge in [0.05, 0.1) is 0 Å². The number of rotatable bonds is 7. The van der Waals surface area contributed by atoms with Gasteiger partial charge in [0, 0.05) is 31.0 Å². The molecule has 1 saturated carbocycles. The lowest BCUT2D eigenvalue weighted by Gasteiger charge is -2.30. The molecule has 0 atom stereocenters. The molecule has 1 amide bonds. The predicted octanol–water partition coefficient (Wildman–Crippen LogP) is 2.76. The largest absolute Gasteiger partial charge is 0.353 e. The van der Waals surface area contributed by atoms with Crippen molar-refractivity contribution in [2.24, 2.45) is 5.92 Å². The summed E-state index contributed by atoms with van der Waals surface area (Å²) in [7, 11) is -3.37. The molecule has 1 aromatic carbocycles. The van der Waals surface area contributed by atoms with Crippen molar-refractivity contribution < 1.29 is 13.2 Å². The summed E-state index contributed by atoms with van der Waals surface area (Å²) in [4.78, 5) is 11.8. The minimum Gasteiger partial charge on any atom is -0.353 e. The lowest BCUT2D eigenvalue weighted by Crippen LogP contribution is -2.37. The molecule has 1 aromatic rings. The first kappa shape index (κ1) is 18.1. The van der Waals surface area contributed by atoms with Gasteiger partial charge in [0.25, 0.3) is 0 Å². The van der Waals surface area contributed by atoms with Gasteiger partial charge in [-0.1, -0.05) is 30.3 Å². The van der Waals surface area contributed by atoms with Crippen LogP contribution in [0.25, 0.3) is 6.08 Å². The monoisotopic (exact) mass is 362 g/mol. The Kier molecular flexibility index (Phi) is 5.91. The first-order valence-corrected chi connectivity index (χ1v) is 10.6. The van der Waals surface area contributed by atoms with Crippen molar-refractivity contribution in [3.05, 3.63) is 41.3 Å². The smallest absolute Gasteiger partial charge is 0.236 e. The van der Waals surface area contributed by atoms with Gasteiger partial charge < -0.3 is 5.32 Å². The summed E-state index contributed by atoms with van der Waals surface area (Å²) < 4.78 is 26.4. The lowest BCUT2D eigenvalue weighted by atomic mass is 9.93. The van der Waals surface area contributed by atoms with Crippen LogP contribution in [0.5, 0.6) is 0 Å².